The molecular weight excluding hydrogens is 356 g/mol. The van der Waals surface area contributed by atoms with Crippen molar-refractivity contribution in [1.82, 2.24) is 14.8 Å². The molecule has 144 valence electrons. The maximum absolute atomic E-state index is 11.8. The minimum absolute atomic E-state index is 0.123. The number of nitrogens with two attached hydrogens (primary N) is 2. The summed E-state index contributed by atoms with van der Waals surface area (Å²) < 4.78 is 7.62. The lowest BCUT2D eigenvalue weighted by Gasteiger charge is -2.18. The molecule has 0 bridgehead atoms. The molecule has 1 aromatic carbocycles. The van der Waals surface area contributed by atoms with Crippen molar-refractivity contribution in [2.75, 3.05) is 18.0 Å². The van der Waals surface area contributed by atoms with E-state index < -0.39 is 5.91 Å². The van der Waals surface area contributed by atoms with Crippen LogP contribution in [-0.2, 0) is 6.54 Å². The summed E-state index contributed by atoms with van der Waals surface area (Å²) in [5.41, 5.74) is 12.8. The topological polar surface area (TPSA) is 112 Å². The molecule has 4 rings (SSSR count). The second kappa shape index (κ2) is 7.69. The van der Waals surface area contributed by atoms with E-state index in [1.165, 1.54) is 0 Å². The van der Waals surface area contributed by atoms with Gasteiger partial charge in [-0.1, -0.05) is 30.3 Å². The smallest absolute Gasteiger partial charge is 0.254 e. The first-order chi connectivity index (χ1) is 13.6. The van der Waals surface area contributed by atoms with Gasteiger partial charge in [-0.2, -0.15) is 10.1 Å². The van der Waals surface area contributed by atoms with E-state index in [4.69, 9.17) is 16.2 Å². The molecule has 0 unspecified atom stereocenters. The SMILES string of the molecule is NC(=O)c1ccc(N2CC[C@H](N)C2)nc1Oc1cnn(Cc2ccccc2)c1. The van der Waals surface area contributed by atoms with Crippen molar-refractivity contribution < 1.29 is 9.53 Å². The summed E-state index contributed by atoms with van der Waals surface area (Å²) in [4.78, 5) is 18.4. The van der Waals surface area contributed by atoms with Crippen LogP contribution in [0.25, 0.3) is 0 Å². The molecule has 1 fully saturated rings. The molecule has 28 heavy (non-hydrogen) atoms. The summed E-state index contributed by atoms with van der Waals surface area (Å²) in [7, 11) is 0. The molecule has 0 aliphatic carbocycles. The van der Waals surface area contributed by atoms with Gasteiger partial charge in [0.2, 0.25) is 5.88 Å². The van der Waals surface area contributed by atoms with Crippen molar-refractivity contribution in [3.8, 4) is 11.6 Å². The number of benzene rings is 1. The highest BCUT2D eigenvalue weighted by molar-refractivity contribution is 5.95. The van der Waals surface area contributed by atoms with Crippen LogP contribution in [0.5, 0.6) is 11.6 Å². The Hall–Kier alpha value is -3.39. The van der Waals surface area contributed by atoms with Crippen LogP contribution in [0, 0.1) is 0 Å². The molecule has 1 amide bonds. The van der Waals surface area contributed by atoms with E-state index in [2.05, 4.69) is 15.0 Å². The largest absolute Gasteiger partial charge is 0.435 e. The minimum atomic E-state index is -0.594. The van der Waals surface area contributed by atoms with E-state index in [0.29, 0.717) is 18.1 Å². The summed E-state index contributed by atoms with van der Waals surface area (Å²) in [6.45, 7) is 2.15. The van der Waals surface area contributed by atoms with Gasteiger partial charge in [-0.05, 0) is 24.1 Å². The highest BCUT2D eigenvalue weighted by atomic mass is 16.5. The predicted molar refractivity (Wildman–Crippen MR) is 105 cm³/mol. The molecule has 0 saturated carbocycles. The number of anilines is 1. The van der Waals surface area contributed by atoms with Gasteiger partial charge in [0.05, 0.1) is 18.9 Å². The second-order valence-electron chi connectivity index (χ2n) is 6.84. The molecule has 1 atom stereocenters. The van der Waals surface area contributed by atoms with Gasteiger partial charge in [0.25, 0.3) is 5.91 Å². The molecule has 0 radical (unpaired) electrons. The normalized spacial score (nSPS) is 16.3. The quantitative estimate of drug-likeness (QED) is 0.676. The third kappa shape index (κ3) is 3.96. The molecule has 1 aliphatic heterocycles. The van der Waals surface area contributed by atoms with Crippen LogP contribution in [0.4, 0.5) is 5.82 Å². The Morgan fingerprint density at radius 3 is 2.75 bits per heavy atom. The third-order valence-electron chi connectivity index (χ3n) is 4.67. The average molecular weight is 378 g/mol. The number of nitrogens with zero attached hydrogens (tertiary/aromatic N) is 4. The highest BCUT2D eigenvalue weighted by Gasteiger charge is 2.22. The molecule has 2 aromatic heterocycles. The summed E-state index contributed by atoms with van der Waals surface area (Å²) >= 11 is 0. The highest BCUT2D eigenvalue weighted by Crippen LogP contribution is 2.27. The number of aromatic nitrogens is 3. The molecule has 8 nitrogen and oxygen atoms in total. The number of carbonyl (C=O) groups is 1. The van der Waals surface area contributed by atoms with E-state index in [9.17, 15) is 4.79 Å². The zero-order valence-electron chi connectivity index (χ0n) is 15.4. The van der Waals surface area contributed by atoms with Crippen LogP contribution in [0.2, 0.25) is 0 Å². The van der Waals surface area contributed by atoms with Gasteiger partial charge in [-0.25, -0.2) is 0 Å². The molecule has 3 aromatic rings. The minimum Gasteiger partial charge on any atom is -0.435 e. The van der Waals surface area contributed by atoms with Crippen LogP contribution in [-0.4, -0.2) is 39.8 Å². The molecule has 1 aliphatic rings. The molecule has 4 N–H and O–H groups in total. The molecule has 1 saturated heterocycles. The van der Waals surface area contributed by atoms with Gasteiger partial charge in [0, 0.05) is 19.1 Å². The van der Waals surface area contributed by atoms with E-state index in [1.54, 1.807) is 29.2 Å². The van der Waals surface area contributed by atoms with E-state index in [-0.39, 0.29) is 17.5 Å². The molecule has 0 spiro atoms. The van der Waals surface area contributed by atoms with Crippen molar-refractivity contribution >= 4 is 11.7 Å². The van der Waals surface area contributed by atoms with E-state index >= 15 is 0 Å². The van der Waals surface area contributed by atoms with Crippen molar-refractivity contribution in [1.29, 1.82) is 0 Å². The van der Waals surface area contributed by atoms with Crippen LogP contribution >= 0.6 is 0 Å². The molecule has 3 heterocycles. The van der Waals surface area contributed by atoms with Gasteiger partial charge in [0.1, 0.15) is 11.4 Å². The van der Waals surface area contributed by atoms with Crippen molar-refractivity contribution in [2.45, 2.75) is 19.0 Å². The number of carbonyl (C=O) groups excluding carboxylic acids is 1. The summed E-state index contributed by atoms with van der Waals surface area (Å²) in [5, 5.41) is 4.31. The standard InChI is InChI=1S/C20H22N6O2/c21-15-8-9-25(12-15)18-7-6-17(19(22)27)20(24-18)28-16-10-23-26(13-16)11-14-4-2-1-3-5-14/h1-7,10,13,15H,8-9,11-12,21H2,(H2,22,27)/t15-/m0/s1. The zero-order chi connectivity index (χ0) is 19.5. The van der Waals surface area contributed by atoms with Crippen molar-refractivity contribution in [3.63, 3.8) is 0 Å². The predicted octanol–water partition coefficient (Wildman–Crippen LogP) is 1.75. The van der Waals surface area contributed by atoms with Gasteiger partial charge in [-0.15, -0.1) is 0 Å². The van der Waals surface area contributed by atoms with E-state index in [0.717, 1.165) is 25.1 Å². The first-order valence-electron chi connectivity index (χ1n) is 9.14. The second-order valence-corrected chi connectivity index (χ2v) is 6.84. The number of rotatable bonds is 6. The number of hydrogen-bond donors (Lipinski definition) is 2. The fourth-order valence-electron chi connectivity index (χ4n) is 3.23. The fraction of sp³-hybridized carbons (Fsp3) is 0.250. The van der Waals surface area contributed by atoms with Crippen LogP contribution < -0.4 is 21.1 Å². The lowest BCUT2D eigenvalue weighted by Crippen LogP contribution is -2.27. The number of primary amides is 1. The first-order valence-corrected chi connectivity index (χ1v) is 9.14. The lowest BCUT2D eigenvalue weighted by molar-refractivity contribution is 0.0997. The van der Waals surface area contributed by atoms with Gasteiger partial charge < -0.3 is 21.1 Å². The Balaban J connectivity index is 1.55. The number of hydrogen-bond acceptors (Lipinski definition) is 6. The first kappa shape index (κ1) is 18.0. The third-order valence-corrected chi connectivity index (χ3v) is 4.67. The molecule has 8 heteroatoms. The Kier molecular flexibility index (Phi) is 4.94. The number of ether oxygens (including phenoxy) is 1. The van der Waals surface area contributed by atoms with Crippen molar-refractivity contribution in [2.24, 2.45) is 11.5 Å². The zero-order valence-corrected chi connectivity index (χ0v) is 15.4. The van der Waals surface area contributed by atoms with Crippen LogP contribution in [0.1, 0.15) is 22.3 Å². The van der Waals surface area contributed by atoms with Gasteiger partial charge >= 0.3 is 0 Å². The van der Waals surface area contributed by atoms with E-state index in [1.807, 2.05) is 30.3 Å². The van der Waals surface area contributed by atoms with Crippen LogP contribution in [0.3, 0.4) is 0 Å². The Bertz CT molecular complexity index is 972. The number of amides is 1. The van der Waals surface area contributed by atoms with Gasteiger partial charge in [-0.3, -0.25) is 9.48 Å². The lowest BCUT2D eigenvalue weighted by atomic mass is 10.2. The Morgan fingerprint density at radius 1 is 1.21 bits per heavy atom. The van der Waals surface area contributed by atoms with Crippen molar-refractivity contribution in [3.05, 3.63) is 66.0 Å². The monoisotopic (exact) mass is 378 g/mol. The van der Waals surface area contributed by atoms with Gasteiger partial charge in [0.15, 0.2) is 5.75 Å². The maximum atomic E-state index is 11.8. The molecular formula is C20H22N6O2. The average Bonchev–Trinajstić information content (AvgIpc) is 3.31. The summed E-state index contributed by atoms with van der Waals surface area (Å²) in [6.07, 6.45) is 4.26. The summed E-state index contributed by atoms with van der Waals surface area (Å²) in [5.74, 6) is 0.777. The Morgan fingerprint density at radius 2 is 2.04 bits per heavy atom. The summed E-state index contributed by atoms with van der Waals surface area (Å²) in [6, 6.07) is 13.5. The Labute approximate surface area is 162 Å². The number of pyridine rings is 1. The fourth-order valence-corrected chi connectivity index (χ4v) is 3.23. The van der Waals surface area contributed by atoms with Crippen LogP contribution in [0.15, 0.2) is 54.9 Å². The maximum Gasteiger partial charge on any atom is 0.254 e.